The highest BCUT2D eigenvalue weighted by Crippen LogP contribution is 2.30. The number of nitrogens with zero attached hydrogens (tertiary/aromatic N) is 1. The quantitative estimate of drug-likeness (QED) is 0.441. The van der Waals surface area contributed by atoms with Gasteiger partial charge in [0.1, 0.15) is 0 Å². The number of aromatic nitrogens is 1. The van der Waals surface area contributed by atoms with E-state index < -0.39 is 5.79 Å². The third-order valence-electron chi connectivity index (χ3n) is 5.06. The summed E-state index contributed by atoms with van der Waals surface area (Å²) in [6, 6.07) is 27.1. The van der Waals surface area contributed by atoms with Crippen LogP contribution in [0.3, 0.4) is 0 Å². The van der Waals surface area contributed by atoms with E-state index in [1.54, 1.807) is 7.11 Å². The van der Waals surface area contributed by atoms with E-state index in [0.29, 0.717) is 6.61 Å². The average molecular weight is 345 g/mol. The molecule has 3 heteroatoms. The predicted octanol–water partition coefficient (Wildman–Crippen LogP) is 5.33. The Hall–Kier alpha value is -2.62. The van der Waals surface area contributed by atoms with E-state index in [9.17, 15) is 0 Å². The highest BCUT2D eigenvalue weighted by molar-refractivity contribution is 6.07. The molecule has 0 N–H and O–H groups in total. The fraction of sp³-hybridized carbons (Fsp3) is 0.217. The van der Waals surface area contributed by atoms with Crippen LogP contribution in [0.4, 0.5) is 0 Å². The molecular formula is C23H23NO2. The molecule has 0 saturated carbocycles. The van der Waals surface area contributed by atoms with Gasteiger partial charge in [0.25, 0.3) is 0 Å². The molecule has 1 unspecified atom stereocenters. The van der Waals surface area contributed by atoms with Crippen LogP contribution < -0.4 is 0 Å². The van der Waals surface area contributed by atoms with Gasteiger partial charge >= 0.3 is 0 Å². The van der Waals surface area contributed by atoms with Gasteiger partial charge in [-0.15, -0.1) is 0 Å². The lowest BCUT2D eigenvalue weighted by atomic mass is 10.1. The Kier molecular flexibility index (Phi) is 4.49. The minimum Gasteiger partial charge on any atom is -0.349 e. The molecule has 1 aromatic heterocycles. The summed E-state index contributed by atoms with van der Waals surface area (Å²) in [5.41, 5.74) is 3.48. The van der Waals surface area contributed by atoms with Crippen LogP contribution in [0, 0.1) is 0 Å². The van der Waals surface area contributed by atoms with Gasteiger partial charge in [0.2, 0.25) is 0 Å². The lowest BCUT2D eigenvalue weighted by molar-refractivity contribution is -0.220. The Morgan fingerprint density at radius 2 is 1.31 bits per heavy atom. The fourth-order valence-electron chi connectivity index (χ4n) is 3.58. The number of ether oxygens (including phenoxy) is 2. The summed E-state index contributed by atoms with van der Waals surface area (Å²) in [6.45, 7) is 3.29. The molecule has 4 rings (SSSR count). The highest BCUT2D eigenvalue weighted by atomic mass is 16.7. The zero-order chi connectivity index (χ0) is 18.0. The molecule has 0 saturated heterocycles. The molecule has 3 aromatic carbocycles. The van der Waals surface area contributed by atoms with E-state index >= 15 is 0 Å². The second-order valence-corrected chi connectivity index (χ2v) is 6.55. The summed E-state index contributed by atoms with van der Waals surface area (Å²) in [6.07, 6.45) is 0. The lowest BCUT2D eigenvalue weighted by Crippen LogP contribution is -2.29. The van der Waals surface area contributed by atoms with Gasteiger partial charge in [-0.05, 0) is 19.1 Å². The van der Waals surface area contributed by atoms with Gasteiger partial charge in [-0.3, -0.25) is 0 Å². The van der Waals surface area contributed by atoms with Gasteiger partial charge in [0, 0.05) is 41.0 Å². The topological polar surface area (TPSA) is 23.4 Å². The van der Waals surface area contributed by atoms with Crippen molar-refractivity contribution in [1.29, 1.82) is 0 Å². The molecular weight excluding hydrogens is 322 g/mol. The Balaban J connectivity index is 1.62. The maximum Gasteiger partial charge on any atom is 0.191 e. The third-order valence-corrected chi connectivity index (χ3v) is 5.06. The number of para-hydroxylation sites is 2. The van der Waals surface area contributed by atoms with Gasteiger partial charge in [-0.2, -0.15) is 0 Å². The second-order valence-electron chi connectivity index (χ2n) is 6.55. The van der Waals surface area contributed by atoms with Gasteiger partial charge in [0.05, 0.1) is 6.61 Å². The summed E-state index contributed by atoms with van der Waals surface area (Å²) in [5, 5.41) is 2.56. The van der Waals surface area contributed by atoms with Crippen molar-refractivity contribution >= 4 is 21.8 Å². The average Bonchev–Trinajstić information content (AvgIpc) is 3.03. The SMILES string of the molecule is COC(C)(OCCn1c2ccccc2c2ccccc21)c1ccccc1. The van der Waals surface area contributed by atoms with Crippen molar-refractivity contribution in [2.75, 3.05) is 13.7 Å². The Bertz CT molecular complexity index is 969. The lowest BCUT2D eigenvalue weighted by Gasteiger charge is -2.29. The molecule has 3 nitrogen and oxygen atoms in total. The Labute approximate surface area is 153 Å². The molecule has 0 fully saturated rings. The standard InChI is InChI=1S/C23H23NO2/c1-23(25-2,18-10-4-3-5-11-18)26-17-16-24-21-14-8-6-12-19(21)20-13-7-9-15-22(20)24/h3-15H,16-17H2,1-2H3. The summed E-state index contributed by atoms with van der Waals surface area (Å²) in [5.74, 6) is -0.750. The van der Waals surface area contributed by atoms with Crippen LogP contribution in [0.5, 0.6) is 0 Å². The van der Waals surface area contributed by atoms with E-state index in [-0.39, 0.29) is 0 Å². The normalized spacial score (nSPS) is 13.9. The molecule has 4 aromatic rings. The minimum absolute atomic E-state index is 0.557. The molecule has 26 heavy (non-hydrogen) atoms. The van der Waals surface area contributed by atoms with Crippen LogP contribution in [0.25, 0.3) is 21.8 Å². The first-order valence-electron chi connectivity index (χ1n) is 8.93. The first-order chi connectivity index (χ1) is 12.7. The van der Waals surface area contributed by atoms with Crippen LogP contribution in [0.1, 0.15) is 12.5 Å². The van der Waals surface area contributed by atoms with Crippen LogP contribution >= 0.6 is 0 Å². The third kappa shape index (κ3) is 2.90. The molecule has 0 aliphatic rings. The van der Waals surface area contributed by atoms with Crippen LogP contribution in [0.15, 0.2) is 78.9 Å². The van der Waals surface area contributed by atoms with Crippen molar-refractivity contribution in [3.05, 3.63) is 84.4 Å². The number of fused-ring (bicyclic) bond motifs is 3. The van der Waals surface area contributed by atoms with Gasteiger partial charge in [0.15, 0.2) is 5.79 Å². The van der Waals surface area contributed by atoms with Crippen LogP contribution in [-0.4, -0.2) is 18.3 Å². The monoisotopic (exact) mass is 345 g/mol. The molecule has 1 heterocycles. The van der Waals surface area contributed by atoms with Crippen molar-refractivity contribution in [1.82, 2.24) is 4.57 Å². The summed E-state index contributed by atoms with van der Waals surface area (Å²) in [7, 11) is 1.69. The predicted molar refractivity (Wildman–Crippen MR) is 106 cm³/mol. The maximum absolute atomic E-state index is 6.19. The Morgan fingerprint density at radius 3 is 1.88 bits per heavy atom. The second kappa shape index (κ2) is 6.94. The summed E-state index contributed by atoms with van der Waals surface area (Å²) in [4.78, 5) is 0. The van der Waals surface area contributed by atoms with Gasteiger partial charge in [-0.1, -0.05) is 66.7 Å². The van der Waals surface area contributed by atoms with E-state index in [1.807, 2.05) is 37.3 Å². The van der Waals surface area contributed by atoms with E-state index in [1.165, 1.54) is 21.8 Å². The first-order valence-corrected chi connectivity index (χ1v) is 8.93. The zero-order valence-electron chi connectivity index (χ0n) is 15.2. The summed E-state index contributed by atoms with van der Waals surface area (Å²) >= 11 is 0. The van der Waals surface area contributed by atoms with Gasteiger partial charge in [-0.25, -0.2) is 0 Å². The number of rotatable bonds is 6. The van der Waals surface area contributed by atoms with Crippen molar-refractivity contribution in [3.8, 4) is 0 Å². The zero-order valence-corrected chi connectivity index (χ0v) is 15.2. The molecule has 1 atom stereocenters. The first kappa shape index (κ1) is 16.8. The smallest absolute Gasteiger partial charge is 0.191 e. The van der Waals surface area contributed by atoms with Crippen molar-refractivity contribution in [2.24, 2.45) is 0 Å². The molecule has 0 radical (unpaired) electrons. The maximum atomic E-state index is 6.19. The number of benzene rings is 3. The van der Waals surface area contributed by atoms with Crippen molar-refractivity contribution in [3.63, 3.8) is 0 Å². The number of hydrogen-bond acceptors (Lipinski definition) is 2. The number of methoxy groups -OCH3 is 1. The Morgan fingerprint density at radius 1 is 0.769 bits per heavy atom. The molecule has 132 valence electrons. The molecule has 0 bridgehead atoms. The van der Waals surface area contributed by atoms with Crippen LogP contribution in [0.2, 0.25) is 0 Å². The van der Waals surface area contributed by atoms with E-state index in [0.717, 1.165) is 12.1 Å². The molecule has 0 aliphatic carbocycles. The molecule has 0 amide bonds. The van der Waals surface area contributed by atoms with Crippen molar-refractivity contribution < 1.29 is 9.47 Å². The molecule has 0 aliphatic heterocycles. The highest BCUT2D eigenvalue weighted by Gasteiger charge is 2.26. The largest absolute Gasteiger partial charge is 0.349 e. The van der Waals surface area contributed by atoms with Crippen LogP contribution in [-0.2, 0) is 21.8 Å². The summed E-state index contributed by atoms with van der Waals surface area (Å²) < 4.78 is 14.2. The fourth-order valence-corrected chi connectivity index (χ4v) is 3.58. The van der Waals surface area contributed by atoms with Crippen molar-refractivity contribution in [2.45, 2.75) is 19.3 Å². The van der Waals surface area contributed by atoms with E-state index in [4.69, 9.17) is 9.47 Å². The number of hydrogen-bond donors (Lipinski definition) is 0. The molecule has 0 spiro atoms. The van der Waals surface area contributed by atoms with Gasteiger partial charge < -0.3 is 14.0 Å². The van der Waals surface area contributed by atoms with E-state index in [2.05, 4.69) is 53.1 Å². The minimum atomic E-state index is -0.750.